The molecule has 0 atom stereocenters. The van der Waals surface area contributed by atoms with Gasteiger partial charge < -0.3 is 5.32 Å². The van der Waals surface area contributed by atoms with Crippen LogP contribution in [0.15, 0.2) is 24.3 Å². The molecule has 1 N–H and O–H groups in total. The predicted octanol–water partition coefficient (Wildman–Crippen LogP) is 4.68. The third-order valence-electron chi connectivity index (χ3n) is 4.93. The molecule has 0 fully saturated rings. The zero-order valence-corrected chi connectivity index (χ0v) is 18.1. The van der Waals surface area contributed by atoms with Crippen LogP contribution in [0.5, 0.6) is 0 Å². The molecule has 0 bridgehead atoms. The van der Waals surface area contributed by atoms with Crippen LogP contribution in [-0.2, 0) is 6.42 Å². The maximum absolute atomic E-state index is 12.4. The quantitative estimate of drug-likeness (QED) is 0.590. The molecule has 3 aromatic rings. The van der Waals surface area contributed by atoms with Crippen molar-refractivity contribution in [2.45, 2.75) is 53.9 Å². The molecule has 2 heterocycles. The van der Waals surface area contributed by atoms with Gasteiger partial charge in [-0.15, -0.1) is 0 Å². The number of carbonyl (C=O) groups excluding carboxylic acids is 1. The number of hydrogen-bond donors (Lipinski definition) is 1. The predicted molar refractivity (Wildman–Crippen MR) is 115 cm³/mol. The summed E-state index contributed by atoms with van der Waals surface area (Å²) in [5, 5.41) is 8.44. The summed E-state index contributed by atoms with van der Waals surface area (Å²) in [4.78, 5) is 17.7. The molecule has 5 nitrogen and oxygen atoms in total. The largest absolute Gasteiger partial charge is 0.351 e. The molecule has 2 aromatic heterocycles. The number of thiazole rings is 1. The number of carbonyl (C=O) groups is 1. The minimum Gasteiger partial charge on any atom is -0.351 e. The SMILES string of the molecule is CCCCNC(=O)c1sc(-n2nc(C)c(Cc3ccc(C)cc3)c2C)nc1C. The van der Waals surface area contributed by atoms with Gasteiger partial charge in [-0.2, -0.15) is 5.10 Å². The molecule has 0 unspecified atom stereocenters. The first kappa shape index (κ1) is 20.3. The van der Waals surface area contributed by atoms with Crippen molar-refractivity contribution < 1.29 is 4.79 Å². The molecule has 0 radical (unpaired) electrons. The van der Waals surface area contributed by atoms with Crippen LogP contribution in [0.25, 0.3) is 5.13 Å². The highest BCUT2D eigenvalue weighted by atomic mass is 32.1. The third-order valence-corrected chi connectivity index (χ3v) is 6.06. The number of amides is 1. The molecule has 0 saturated heterocycles. The van der Waals surface area contributed by atoms with E-state index in [1.807, 2.05) is 18.5 Å². The Morgan fingerprint density at radius 1 is 1.11 bits per heavy atom. The minimum absolute atomic E-state index is 0.0453. The van der Waals surface area contributed by atoms with Gasteiger partial charge in [0.2, 0.25) is 5.13 Å². The van der Waals surface area contributed by atoms with Crippen LogP contribution in [-0.4, -0.2) is 27.2 Å². The van der Waals surface area contributed by atoms with Gasteiger partial charge in [0.05, 0.1) is 11.4 Å². The van der Waals surface area contributed by atoms with Crippen molar-refractivity contribution in [3.63, 3.8) is 0 Å². The van der Waals surface area contributed by atoms with Crippen molar-refractivity contribution >= 4 is 17.2 Å². The summed E-state index contributed by atoms with van der Waals surface area (Å²) in [5.74, 6) is -0.0453. The van der Waals surface area contributed by atoms with Crippen molar-refractivity contribution in [1.82, 2.24) is 20.1 Å². The standard InChI is InChI=1S/C22H28N4OS/c1-6-7-12-23-21(27)20-16(4)24-22(28-20)26-17(5)19(15(3)25-26)13-18-10-8-14(2)9-11-18/h8-11H,6-7,12-13H2,1-5H3,(H,23,27). The molecule has 0 aliphatic heterocycles. The number of benzene rings is 1. The van der Waals surface area contributed by atoms with Gasteiger partial charge in [-0.25, -0.2) is 9.67 Å². The highest BCUT2D eigenvalue weighted by molar-refractivity contribution is 7.16. The summed E-state index contributed by atoms with van der Waals surface area (Å²) in [6, 6.07) is 8.60. The zero-order chi connectivity index (χ0) is 20.3. The van der Waals surface area contributed by atoms with E-state index in [9.17, 15) is 4.79 Å². The molecule has 0 aliphatic rings. The highest BCUT2D eigenvalue weighted by Gasteiger charge is 2.20. The molecule has 0 aliphatic carbocycles. The number of nitrogens with one attached hydrogen (secondary N) is 1. The van der Waals surface area contributed by atoms with E-state index in [1.54, 1.807) is 0 Å². The first-order chi connectivity index (χ1) is 13.4. The van der Waals surface area contributed by atoms with Crippen LogP contribution < -0.4 is 5.32 Å². The fourth-order valence-corrected chi connectivity index (χ4v) is 4.16. The Morgan fingerprint density at radius 3 is 2.50 bits per heavy atom. The van der Waals surface area contributed by atoms with Gasteiger partial charge in [0.1, 0.15) is 4.88 Å². The summed E-state index contributed by atoms with van der Waals surface area (Å²) < 4.78 is 1.87. The molecule has 0 spiro atoms. The molecule has 0 saturated carbocycles. The average molecular weight is 397 g/mol. The van der Waals surface area contributed by atoms with Gasteiger partial charge >= 0.3 is 0 Å². The number of aromatic nitrogens is 3. The fraction of sp³-hybridized carbons (Fsp3) is 0.409. The van der Waals surface area contributed by atoms with Crippen LogP contribution in [0.4, 0.5) is 0 Å². The van der Waals surface area contributed by atoms with E-state index in [1.165, 1.54) is 28.0 Å². The van der Waals surface area contributed by atoms with Gasteiger partial charge in [-0.05, 0) is 39.7 Å². The van der Waals surface area contributed by atoms with Crippen LogP contribution in [0.2, 0.25) is 0 Å². The van der Waals surface area contributed by atoms with Gasteiger partial charge in [-0.1, -0.05) is 54.5 Å². The Labute approximate surface area is 170 Å². The van der Waals surface area contributed by atoms with Gasteiger partial charge in [0, 0.05) is 24.2 Å². The second-order valence-electron chi connectivity index (χ2n) is 7.24. The van der Waals surface area contributed by atoms with Crippen LogP contribution in [0.3, 0.4) is 0 Å². The average Bonchev–Trinajstić information content (AvgIpc) is 3.18. The van der Waals surface area contributed by atoms with E-state index >= 15 is 0 Å². The maximum atomic E-state index is 12.4. The lowest BCUT2D eigenvalue weighted by atomic mass is 10.0. The van der Waals surface area contributed by atoms with Gasteiger partial charge in [0.25, 0.3) is 5.91 Å². The number of hydrogen-bond acceptors (Lipinski definition) is 4. The van der Waals surface area contributed by atoms with Crippen LogP contribution in [0.1, 0.15) is 63.2 Å². The minimum atomic E-state index is -0.0453. The molecular formula is C22H28N4OS. The van der Waals surface area contributed by atoms with Crippen molar-refractivity contribution in [3.05, 3.63) is 62.9 Å². The Kier molecular flexibility index (Phi) is 6.29. The van der Waals surface area contributed by atoms with Crippen molar-refractivity contribution in [2.75, 3.05) is 6.54 Å². The molecular weight excluding hydrogens is 368 g/mol. The Hall–Kier alpha value is -2.47. The zero-order valence-electron chi connectivity index (χ0n) is 17.3. The number of rotatable bonds is 7. The van der Waals surface area contributed by atoms with Crippen molar-refractivity contribution in [1.29, 1.82) is 0 Å². The van der Waals surface area contributed by atoms with E-state index in [0.717, 1.165) is 41.5 Å². The summed E-state index contributed by atoms with van der Waals surface area (Å²) in [7, 11) is 0. The second kappa shape index (κ2) is 8.69. The smallest absolute Gasteiger partial charge is 0.263 e. The monoisotopic (exact) mass is 396 g/mol. The topological polar surface area (TPSA) is 59.8 Å². The Bertz CT molecular complexity index is 969. The Morgan fingerprint density at radius 2 is 1.82 bits per heavy atom. The normalized spacial score (nSPS) is 11.0. The first-order valence-electron chi connectivity index (χ1n) is 9.77. The van der Waals surface area contributed by atoms with Crippen molar-refractivity contribution in [2.24, 2.45) is 0 Å². The van der Waals surface area contributed by atoms with Crippen LogP contribution >= 0.6 is 11.3 Å². The van der Waals surface area contributed by atoms with E-state index in [-0.39, 0.29) is 5.91 Å². The second-order valence-corrected chi connectivity index (χ2v) is 8.22. The summed E-state index contributed by atoms with van der Waals surface area (Å²) in [6.45, 7) is 10.9. The van der Waals surface area contributed by atoms with E-state index in [2.05, 4.69) is 55.3 Å². The lowest BCUT2D eigenvalue weighted by Crippen LogP contribution is -2.24. The molecule has 1 amide bonds. The lowest BCUT2D eigenvalue weighted by Gasteiger charge is -2.04. The first-order valence-corrected chi connectivity index (χ1v) is 10.6. The molecule has 148 valence electrons. The molecule has 1 aromatic carbocycles. The summed E-state index contributed by atoms with van der Waals surface area (Å²) in [6.07, 6.45) is 2.88. The molecule has 28 heavy (non-hydrogen) atoms. The fourth-order valence-electron chi connectivity index (χ4n) is 3.17. The Balaban J connectivity index is 1.85. The third kappa shape index (κ3) is 4.33. The van der Waals surface area contributed by atoms with Gasteiger partial charge in [-0.3, -0.25) is 4.79 Å². The van der Waals surface area contributed by atoms with Crippen molar-refractivity contribution in [3.8, 4) is 5.13 Å². The summed E-state index contributed by atoms with van der Waals surface area (Å²) in [5.41, 5.74) is 6.57. The van der Waals surface area contributed by atoms with E-state index < -0.39 is 0 Å². The van der Waals surface area contributed by atoms with E-state index in [4.69, 9.17) is 5.10 Å². The van der Waals surface area contributed by atoms with E-state index in [0.29, 0.717) is 11.4 Å². The highest BCUT2D eigenvalue weighted by Crippen LogP contribution is 2.26. The number of unbranched alkanes of at least 4 members (excludes halogenated alkanes) is 1. The number of nitrogens with zero attached hydrogens (tertiary/aromatic N) is 3. The van der Waals surface area contributed by atoms with Gasteiger partial charge in [0.15, 0.2) is 0 Å². The maximum Gasteiger partial charge on any atom is 0.263 e. The lowest BCUT2D eigenvalue weighted by molar-refractivity contribution is 0.0956. The molecule has 6 heteroatoms. The summed E-state index contributed by atoms with van der Waals surface area (Å²) >= 11 is 1.40. The number of aryl methyl sites for hydroxylation is 3. The van der Waals surface area contributed by atoms with Crippen LogP contribution in [0, 0.1) is 27.7 Å². The molecule has 3 rings (SSSR count).